The van der Waals surface area contributed by atoms with Crippen LogP contribution in [0.25, 0.3) is 0 Å². The Morgan fingerprint density at radius 3 is 2.74 bits per heavy atom. The summed E-state index contributed by atoms with van der Waals surface area (Å²) in [4.78, 5) is 21.7. The standard InChI is InChI=1S/C19H25N7O/c1-3-26-17(13-25-12-9-20-14(25)2)22-23-18(26)15-6-10-24(11-7-15)19(27)16-5-4-8-21-16/h4-5,8-9,12,15,21H,3,6-7,10-11,13H2,1-2H3. The van der Waals surface area contributed by atoms with E-state index in [1.165, 1.54) is 0 Å². The van der Waals surface area contributed by atoms with Crippen LogP contribution >= 0.6 is 0 Å². The van der Waals surface area contributed by atoms with E-state index >= 15 is 0 Å². The molecule has 3 aromatic rings. The second kappa shape index (κ2) is 7.38. The average molecular weight is 367 g/mol. The van der Waals surface area contributed by atoms with E-state index in [1.54, 1.807) is 12.4 Å². The van der Waals surface area contributed by atoms with Gasteiger partial charge < -0.3 is 19.0 Å². The van der Waals surface area contributed by atoms with Crippen molar-refractivity contribution in [2.45, 2.75) is 45.7 Å². The molecule has 0 saturated carbocycles. The average Bonchev–Trinajstić information content (AvgIpc) is 3.43. The van der Waals surface area contributed by atoms with Crippen molar-refractivity contribution >= 4 is 5.91 Å². The van der Waals surface area contributed by atoms with Gasteiger partial charge in [0, 0.05) is 44.1 Å². The molecule has 8 heteroatoms. The molecule has 1 aliphatic heterocycles. The predicted molar refractivity (Wildman–Crippen MR) is 100 cm³/mol. The van der Waals surface area contributed by atoms with Crippen molar-refractivity contribution < 1.29 is 4.79 Å². The minimum absolute atomic E-state index is 0.0756. The van der Waals surface area contributed by atoms with Gasteiger partial charge in [-0.05, 0) is 38.8 Å². The maximum atomic E-state index is 12.5. The molecule has 0 unspecified atom stereocenters. The first-order chi connectivity index (χ1) is 13.2. The predicted octanol–water partition coefficient (Wildman–Crippen LogP) is 2.20. The fraction of sp³-hybridized carbons (Fsp3) is 0.474. The van der Waals surface area contributed by atoms with Gasteiger partial charge in [0.25, 0.3) is 5.91 Å². The number of piperidine rings is 1. The second-order valence-electron chi connectivity index (χ2n) is 6.97. The third-order valence-corrected chi connectivity index (χ3v) is 5.38. The number of amides is 1. The van der Waals surface area contributed by atoms with E-state index in [4.69, 9.17) is 0 Å². The van der Waals surface area contributed by atoms with Crippen LogP contribution in [0.5, 0.6) is 0 Å². The SMILES string of the molecule is CCn1c(Cn2ccnc2C)nnc1C1CCN(C(=O)c2ccc[nH]2)CC1. The van der Waals surface area contributed by atoms with E-state index in [1.807, 2.05) is 30.2 Å². The number of H-pyrrole nitrogens is 1. The van der Waals surface area contributed by atoms with Crippen molar-refractivity contribution in [3.05, 3.63) is 53.9 Å². The van der Waals surface area contributed by atoms with Crippen LogP contribution < -0.4 is 0 Å². The van der Waals surface area contributed by atoms with Gasteiger partial charge in [-0.2, -0.15) is 0 Å². The van der Waals surface area contributed by atoms with Crippen LogP contribution in [-0.4, -0.2) is 53.2 Å². The molecule has 0 radical (unpaired) electrons. The van der Waals surface area contributed by atoms with Gasteiger partial charge >= 0.3 is 0 Å². The number of aromatic amines is 1. The molecular formula is C19H25N7O. The molecule has 3 aromatic heterocycles. The van der Waals surface area contributed by atoms with Gasteiger partial charge in [-0.1, -0.05) is 0 Å². The van der Waals surface area contributed by atoms with Crippen LogP contribution in [0.4, 0.5) is 0 Å². The number of rotatable bonds is 5. The van der Waals surface area contributed by atoms with Crippen LogP contribution in [0.2, 0.25) is 0 Å². The molecule has 1 N–H and O–H groups in total. The van der Waals surface area contributed by atoms with Gasteiger partial charge in [0.15, 0.2) is 5.82 Å². The highest BCUT2D eigenvalue weighted by Gasteiger charge is 2.28. The zero-order valence-corrected chi connectivity index (χ0v) is 15.8. The van der Waals surface area contributed by atoms with E-state index in [0.717, 1.165) is 49.9 Å². The molecule has 1 aliphatic rings. The number of hydrogen-bond acceptors (Lipinski definition) is 4. The summed E-state index contributed by atoms with van der Waals surface area (Å²) >= 11 is 0. The third-order valence-electron chi connectivity index (χ3n) is 5.38. The highest BCUT2D eigenvalue weighted by atomic mass is 16.2. The van der Waals surface area contributed by atoms with E-state index in [0.29, 0.717) is 18.2 Å². The number of nitrogens with zero attached hydrogens (tertiary/aromatic N) is 6. The van der Waals surface area contributed by atoms with Crippen molar-refractivity contribution in [2.75, 3.05) is 13.1 Å². The monoisotopic (exact) mass is 367 g/mol. The third kappa shape index (κ3) is 3.39. The van der Waals surface area contributed by atoms with Crippen LogP contribution in [0.3, 0.4) is 0 Å². The highest BCUT2D eigenvalue weighted by molar-refractivity contribution is 5.92. The first kappa shape index (κ1) is 17.5. The summed E-state index contributed by atoms with van der Waals surface area (Å²) in [6, 6.07) is 3.68. The minimum Gasteiger partial charge on any atom is -0.357 e. The number of carbonyl (C=O) groups excluding carboxylic acids is 1. The molecule has 142 valence electrons. The quantitative estimate of drug-likeness (QED) is 0.749. The first-order valence-electron chi connectivity index (χ1n) is 9.49. The second-order valence-corrected chi connectivity index (χ2v) is 6.97. The number of imidazole rings is 1. The van der Waals surface area contributed by atoms with E-state index in [-0.39, 0.29) is 5.91 Å². The molecular weight excluding hydrogens is 342 g/mol. The lowest BCUT2D eigenvalue weighted by atomic mass is 9.95. The largest absolute Gasteiger partial charge is 0.357 e. The fourth-order valence-corrected chi connectivity index (χ4v) is 3.81. The number of aromatic nitrogens is 6. The summed E-state index contributed by atoms with van der Waals surface area (Å²) in [5.41, 5.74) is 0.656. The minimum atomic E-state index is 0.0756. The Morgan fingerprint density at radius 1 is 1.30 bits per heavy atom. The summed E-state index contributed by atoms with van der Waals surface area (Å²) in [5, 5.41) is 8.96. The Labute approximate surface area is 158 Å². The first-order valence-corrected chi connectivity index (χ1v) is 9.49. The topological polar surface area (TPSA) is 84.6 Å². The van der Waals surface area contributed by atoms with Crippen molar-refractivity contribution in [2.24, 2.45) is 0 Å². The fourth-order valence-electron chi connectivity index (χ4n) is 3.81. The maximum absolute atomic E-state index is 12.5. The number of aryl methyl sites for hydroxylation is 1. The van der Waals surface area contributed by atoms with Gasteiger partial charge in [-0.3, -0.25) is 4.79 Å². The van der Waals surface area contributed by atoms with E-state index in [2.05, 4.69) is 36.2 Å². The Morgan fingerprint density at radius 2 is 2.11 bits per heavy atom. The molecule has 1 amide bonds. The van der Waals surface area contributed by atoms with Crippen LogP contribution in [-0.2, 0) is 13.1 Å². The molecule has 0 aromatic carbocycles. The Hall–Kier alpha value is -2.90. The summed E-state index contributed by atoms with van der Waals surface area (Å²) < 4.78 is 4.30. The highest BCUT2D eigenvalue weighted by Crippen LogP contribution is 2.28. The number of carbonyl (C=O) groups is 1. The molecule has 4 rings (SSSR count). The van der Waals surface area contributed by atoms with Crippen LogP contribution in [0.1, 0.15) is 53.6 Å². The normalized spacial score (nSPS) is 15.4. The molecule has 0 bridgehead atoms. The molecule has 0 aliphatic carbocycles. The lowest BCUT2D eigenvalue weighted by molar-refractivity contribution is 0.0705. The van der Waals surface area contributed by atoms with Gasteiger partial charge in [0.2, 0.25) is 0 Å². The Bertz CT molecular complexity index is 901. The summed E-state index contributed by atoms with van der Waals surface area (Å²) in [6.07, 6.45) is 7.38. The van der Waals surface area contributed by atoms with Gasteiger partial charge in [-0.25, -0.2) is 4.98 Å². The lowest BCUT2D eigenvalue weighted by Gasteiger charge is -2.31. The summed E-state index contributed by atoms with van der Waals surface area (Å²) in [6.45, 7) is 7.12. The van der Waals surface area contributed by atoms with Gasteiger partial charge in [-0.15, -0.1) is 10.2 Å². The molecule has 1 fully saturated rings. The van der Waals surface area contributed by atoms with Crippen molar-refractivity contribution in [3.8, 4) is 0 Å². The smallest absolute Gasteiger partial charge is 0.270 e. The zero-order chi connectivity index (χ0) is 18.8. The van der Waals surface area contributed by atoms with Crippen molar-refractivity contribution in [1.82, 2.24) is 34.2 Å². The molecule has 4 heterocycles. The van der Waals surface area contributed by atoms with Crippen molar-refractivity contribution in [3.63, 3.8) is 0 Å². The van der Waals surface area contributed by atoms with Crippen molar-refractivity contribution in [1.29, 1.82) is 0 Å². The van der Waals surface area contributed by atoms with E-state index < -0.39 is 0 Å². The maximum Gasteiger partial charge on any atom is 0.270 e. The lowest BCUT2D eigenvalue weighted by Crippen LogP contribution is -2.38. The molecule has 1 saturated heterocycles. The number of likely N-dealkylation sites (tertiary alicyclic amines) is 1. The van der Waals surface area contributed by atoms with Crippen LogP contribution in [0.15, 0.2) is 30.7 Å². The van der Waals surface area contributed by atoms with Gasteiger partial charge in [0.05, 0.1) is 6.54 Å². The van der Waals surface area contributed by atoms with Gasteiger partial charge in [0.1, 0.15) is 17.3 Å². The molecule has 8 nitrogen and oxygen atoms in total. The summed E-state index contributed by atoms with van der Waals surface area (Å²) in [5.74, 6) is 3.38. The molecule has 0 spiro atoms. The summed E-state index contributed by atoms with van der Waals surface area (Å²) in [7, 11) is 0. The molecule has 0 atom stereocenters. The molecule has 27 heavy (non-hydrogen) atoms. The number of nitrogens with one attached hydrogen (secondary N) is 1. The Kier molecular flexibility index (Phi) is 4.79. The van der Waals surface area contributed by atoms with Crippen LogP contribution in [0, 0.1) is 6.92 Å². The zero-order valence-electron chi connectivity index (χ0n) is 15.8. The van der Waals surface area contributed by atoms with E-state index in [9.17, 15) is 4.79 Å². The Balaban J connectivity index is 1.45. The number of hydrogen-bond donors (Lipinski definition) is 1.